The SMILES string of the molecule is COC(=O)N1CCc2sc(-c3noc(C(F)(F)F)n3)cc2C1. The number of ether oxygens (including phenoxy) is 1. The lowest BCUT2D eigenvalue weighted by atomic mass is 10.1. The Bertz CT molecular complexity index is 710. The van der Waals surface area contributed by atoms with Crippen LogP contribution in [0.1, 0.15) is 16.3 Å². The molecule has 0 aliphatic carbocycles. The van der Waals surface area contributed by atoms with E-state index in [2.05, 4.69) is 19.4 Å². The second kappa shape index (κ2) is 5.27. The van der Waals surface area contributed by atoms with E-state index in [9.17, 15) is 18.0 Å². The summed E-state index contributed by atoms with van der Waals surface area (Å²) < 4.78 is 46.3. The zero-order chi connectivity index (χ0) is 15.9. The highest BCUT2D eigenvalue weighted by molar-refractivity contribution is 7.15. The number of alkyl halides is 3. The van der Waals surface area contributed by atoms with Crippen LogP contribution in [0, 0.1) is 0 Å². The molecule has 0 atom stereocenters. The lowest BCUT2D eigenvalue weighted by Crippen LogP contribution is -2.35. The molecule has 0 radical (unpaired) electrons. The highest BCUT2D eigenvalue weighted by atomic mass is 32.1. The van der Waals surface area contributed by atoms with Crippen molar-refractivity contribution < 1.29 is 27.2 Å². The molecular weight excluding hydrogens is 323 g/mol. The van der Waals surface area contributed by atoms with Crippen LogP contribution >= 0.6 is 11.3 Å². The van der Waals surface area contributed by atoms with Crippen molar-refractivity contribution in [3.63, 3.8) is 0 Å². The summed E-state index contributed by atoms with van der Waals surface area (Å²) in [6, 6.07) is 1.68. The van der Waals surface area contributed by atoms with Gasteiger partial charge in [-0.3, -0.25) is 0 Å². The third kappa shape index (κ3) is 2.65. The molecule has 10 heteroatoms. The Morgan fingerprint density at radius 1 is 1.50 bits per heavy atom. The zero-order valence-electron chi connectivity index (χ0n) is 11.3. The van der Waals surface area contributed by atoms with E-state index in [4.69, 9.17) is 0 Å². The molecule has 0 unspecified atom stereocenters. The van der Waals surface area contributed by atoms with E-state index in [0.29, 0.717) is 24.4 Å². The van der Waals surface area contributed by atoms with Crippen molar-refractivity contribution in [2.24, 2.45) is 0 Å². The van der Waals surface area contributed by atoms with Crippen molar-refractivity contribution in [3.8, 4) is 10.7 Å². The van der Waals surface area contributed by atoms with Crippen LogP contribution < -0.4 is 0 Å². The first-order chi connectivity index (χ1) is 10.4. The molecule has 3 rings (SSSR count). The van der Waals surface area contributed by atoms with Crippen LogP contribution in [0.4, 0.5) is 18.0 Å². The predicted molar refractivity (Wildman–Crippen MR) is 69.1 cm³/mol. The second-order valence-electron chi connectivity index (χ2n) is 4.62. The van der Waals surface area contributed by atoms with E-state index in [1.54, 1.807) is 6.07 Å². The summed E-state index contributed by atoms with van der Waals surface area (Å²) in [4.78, 5) is 17.9. The van der Waals surface area contributed by atoms with E-state index in [0.717, 1.165) is 10.4 Å². The number of hydrogen-bond acceptors (Lipinski definition) is 6. The highest BCUT2D eigenvalue weighted by Crippen LogP contribution is 2.35. The van der Waals surface area contributed by atoms with Gasteiger partial charge in [0.2, 0.25) is 5.82 Å². The molecule has 0 saturated carbocycles. The molecule has 3 heterocycles. The van der Waals surface area contributed by atoms with Gasteiger partial charge in [0, 0.05) is 11.4 Å². The summed E-state index contributed by atoms with van der Waals surface area (Å²) in [7, 11) is 1.30. The average Bonchev–Trinajstić information content (AvgIpc) is 3.11. The van der Waals surface area contributed by atoms with Gasteiger partial charge >= 0.3 is 18.2 Å². The molecule has 0 bridgehead atoms. The van der Waals surface area contributed by atoms with Gasteiger partial charge in [0.1, 0.15) is 0 Å². The number of nitrogens with zero attached hydrogens (tertiary/aromatic N) is 3. The molecule has 0 N–H and O–H groups in total. The molecule has 2 aromatic heterocycles. The van der Waals surface area contributed by atoms with Crippen molar-refractivity contribution in [1.29, 1.82) is 0 Å². The fourth-order valence-electron chi connectivity index (χ4n) is 2.17. The maximum Gasteiger partial charge on any atom is 0.471 e. The lowest BCUT2D eigenvalue weighted by molar-refractivity contribution is -0.159. The van der Waals surface area contributed by atoms with Gasteiger partial charge in [-0.05, 0) is 18.1 Å². The van der Waals surface area contributed by atoms with Crippen molar-refractivity contribution >= 4 is 17.4 Å². The summed E-state index contributed by atoms with van der Waals surface area (Å²) in [6.45, 7) is 0.849. The van der Waals surface area contributed by atoms with Crippen LogP contribution in [0.25, 0.3) is 10.7 Å². The zero-order valence-corrected chi connectivity index (χ0v) is 12.1. The Balaban J connectivity index is 1.85. The van der Waals surface area contributed by atoms with E-state index in [1.165, 1.54) is 23.3 Å². The molecule has 2 aromatic rings. The Labute approximate surface area is 126 Å². The maximum absolute atomic E-state index is 12.5. The number of methoxy groups -OCH3 is 1. The molecular formula is C12H10F3N3O3S. The van der Waals surface area contributed by atoms with Crippen LogP contribution in [0.5, 0.6) is 0 Å². The van der Waals surface area contributed by atoms with Gasteiger partial charge in [-0.15, -0.1) is 11.3 Å². The minimum Gasteiger partial charge on any atom is -0.453 e. The van der Waals surface area contributed by atoms with E-state index in [1.807, 2.05) is 0 Å². The number of halogens is 3. The quantitative estimate of drug-likeness (QED) is 0.802. The molecule has 22 heavy (non-hydrogen) atoms. The molecule has 1 aliphatic heterocycles. The first kappa shape index (κ1) is 14.8. The Morgan fingerprint density at radius 2 is 2.27 bits per heavy atom. The van der Waals surface area contributed by atoms with Crippen LogP contribution in [0.15, 0.2) is 10.6 Å². The highest BCUT2D eigenvalue weighted by Gasteiger charge is 2.38. The van der Waals surface area contributed by atoms with Gasteiger partial charge in [0.25, 0.3) is 0 Å². The number of amides is 1. The lowest BCUT2D eigenvalue weighted by Gasteiger charge is -2.25. The molecule has 6 nitrogen and oxygen atoms in total. The standard InChI is InChI=1S/C12H10F3N3O3S/c1-20-11(19)18-3-2-7-6(5-18)4-8(22-7)9-16-10(21-17-9)12(13,14)15/h4H,2-3,5H2,1H3. The van der Waals surface area contributed by atoms with E-state index in [-0.39, 0.29) is 5.82 Å². The molecule has 1 aliphatic rings. The normalized spacial score (nSPS) is 14.8. The minimum atomic E-state index is -4.66. The molecule has 0 aromatic carbocycles. The van der Waals surface area contributed by atoms with Gasteiger partial charge in [-0.2, -0.15) is 18.2 Å². The number of aromatic nitrogens is 2. The number of fused-ring (bicyclic) bond motifs is 1. The van der Waals surface area contributed by atoms with Gasteiger partial charge in [-0.25, -0.2) is 4.79 Å². The number of carbonyl (C=O) groups is 1. The fourth-order valence-corrected chi connectivity index (χ4v) is 3.26. The Hall–Kier alpha value is -2.10. The number of thiophene rings is 1. The molecule has 1 amide bonds. The van der Waals surface area contributed by atoms with Gasteiger partial charge < -0.3 is 14.2 Å². The van der Waals surface area contributed by atoms with Crippen LogP contribution in [-0.2, 0) is 23.9 Å². The minimum absolute atomic E-state index is 0.101. The van der Waals surface area contributed by atoms with Crippen LogP contribution in [-0.4, -0.2) is 34.8 Å². The summed E-state index contributed by atoms with van der Waals surface area (Å²) in [5.41, 5.74) is 0.856. The van der Waals surface area contributed by atoms with Crippen molar-refractivity contribution in [3.05, 3.63) is 22.4 Å². The van der Waals surface area contributed by atoms with Crippen molar-refractivity contribution in [2.45, 2.75) is 19.1 Å². The Kier molecular flexibility index (Phi) is 3.55. The first-order valence-corrected chi connectivity index (χ1v) is 7.06. The first-order valence-electron chi connectivity index (χ1n) is 6.24. The maximum atomic E-state index is 12.5. The monoisotopic (exact) mass is 333 g/mol. The van der Waals surface area contributed by atoms with Crippen LogP contribution in [0.2, 0.25) is 0 Å². The van der Waals surface area contributed by atoms with E-state index >= 15 is 0 Å². The summed E-state index contributed by atoms with van der Waals surface area (Å²) in [5.74, 6) is -1.47. The van der Waals surface area contributed by atoms with E-state index < -0.39 is 18.2 Å². The molecule has 0 fully saturated rings. The second-order valence-corrected chi connectivity index (χ2v) is 5.76. The van der Waals surface area contributed by atoms with Crippen molar-refractivity contribution in [2.75, 3.05) is 13.7 Å². The average molecular weight is 333 g/mol. The largest absolute Gasteiger partial charge is 0.471 e. The topological polar surface area (TPSA) is 68.5 Å². The fraction of sp³-hybridized carbons (Fsp3) is 0.417. The molecule has 0 spiro atoms. The van der Waals surface area contributed by atoms with Crippen molar-refractivity contribution in [1.82, 2.24) is 15.0 Å². The molecule has 0 saturated heterocycles. The summed E-state index contributed by atoms with van der Waals surface area (Å²) in [6.07, 6.45) is -4.49. The van der Waals surface area contributed by atoms with Gasteiger partial charge in [0.15, 0.2) is 0 Å². The smallest absolute Gasteiger partial charge is 0.453 e. The molecule has 118 valence electrons. The third-order valence-corrected chi connectivity index (χ3v) is 4.42. The summed E-state index contributed by atoms with van der Waals surface area (Å²) in [5, 5.41) is 3.37. The van der Waals surface area contributed by atoms with Gasteiger partial charge in [-0.1, -0.05) is 5.16 Å². The predicted octanol–water partition coefficient (Wildman–Crippen LogP) is 2.94. The summed E-state index contributed by atoms with van der Waals surface area (Å²) >= 11 is 1.30. The number of carbonyl (C=O) groups excluding carboxylic acids is 1. The Morgan fingerprint density at radius 3 is 2.91 bits per heavy atom. The van der Waals surface area contributed by atoms with Crippen LogP contribution in [0.3, 0.4) is 0 Å². The third-order valence-electron chi connectivity index (χ3n) is 3.19. The number of rotatable bonds is 1. The van der Waals surface area contributed by atoms with Gasteiger partial charge in [0.05, 0.1) is 18.5 Å². The number of hydrogen-bond donors (Lipinski definition) is 0.